The van der Waals surface area contributed by atoms with Crippen molar-refractivity contribution in [3.63, 3.8) is 0 Å². The van der Waals surface area contributed by atoms with Gasteiger partial charge in [-0.15, -0.1) is 0 Å². The molecule has 4 heteroatoms. The van der Waals surface area contributed by atoms with E-state index >= 15 is 0 Å². The predicted octanol–water partition coefficient (Wildman–Crippen LogP) is 4.74. The van der Waals surface area contributed by atoms with Gasteiger partial charge >= 0.3 is 0 Å². The minimum absolute atomic E-state index is 0.166. The maximum Gasteiger partial charge on any atom is 0.0345 e. The molecule has 15 heavy (non-hydrogen) atoms. The van der Waals surface area contributed by atoms with Gasteiger partial charge in [0.15, 0.2) is 0 Å². The average molecular weight is 229 g/mol. The molecule has 0 aromatic carbocycles. The Morgan fingerprint density at radius 1 is 1.07 bits per heavy atom. The molecule has 0 aromatic heterocycles. The zero-order valence-electron chi connectivity index (χ0n) is 9.73. The van der Waals surface area contributed by atoms with Crippen molar-refractivity contribution in [1.29, 1.82) is 0 Å². The van der Waals surface area contributed by atoms with Crippen LogP contribution in [0.15, 0.2) is 5.11 Å². The van der Waals surface area contributed by atoms with E-state index in [1.54, 1.807) is 0 Å². The molecule has 0 aliphatic carbocycles. The molecule has 0 aliphatic rings. The summed E-state index contributed by atoms with van der Waals surface area (Å²) in [5.74, 6) is 1.02. The number of unbranched alkanes of at least 4 members (excludes halogenated alkanes) is 6. The fraction of sp³-hybridized carbons (Fsp3) is 1.00. The van der Waals surface area contributed by atoms with Crippen LogP contribution in [-0.2, 0) is 0 Å². The van der Waals surface area contributed by atoms with Gasteiger partial charge in [0.2, 0.25) is 0 Å². The van der Waals surface area contributed by atoms with E-state index in [4.69, 9.17) is 5.53 Å². The van der Waals surface area contributed by atoms with Crippen LogP contribution < -0.4 is 0 Å². The van der Waals surface area contributed by atoms with Crippen molar-refractivity contribution in [2.75, 3.05) is 5.75 Å². The normalized spacial score (nSPS) is 12.1. The first kappa shape index (κ1) is 14.7. The summed E-state index contributed by atoms with van der Waals surface area (Å²) >= 11 is 4.18. The summed E-state index contributed by atoms with van der Waals surface area (Å²) in [6, 6.07) is 0.166. The van der Waals surface area contributed by atoms with Gasteiger partial charge in [-0.05, 0) is 24.1 Å². The van der Waals surface area contributed by atoms with E-state index in [0.717, 1.165) is 12.2 Å². The highest BCUT2D eigenvalue weighted by Gasteiger charge is 1.97. The van der Waals surface area contributed by atoms with Gasteiger partial charge in [0, 0.05) is 11.0 Å². The Kier molecular flexibility index (Phi) is 11.5. The van der Waals surface area contributed by atoms with Crippen LogP contribution in [-0.4, -0.2) is 11.8 Å². The minimum Gasteiger partial charge on any atom is -0.179 e. The number of thiol groups is 1. The molecular formula is C11H23N3S. The van der Waals surface area contributed by atoms with Gasteiger partial charge in [-0.25, -0.2) is 0 Å². The molecule has 0 heterocycles. The summed E-state index contributed by atoms with van der Waals surface area (Å²) in [6.45, 7) is 1.98. The Morgan fingerprint density at radius 3 is 2.13 bits per heavy atom. The van der Waals surface area contributed by atoms with Crippen LogP contribution in [0.2, 0.25) is 0 Å². The fourth-order valence-electron chi connectivity index (χ4n) is 1.58. The maximum absolute atomic E-state index is 8.21. The minimum atomic E-state index is 0.166. The third kappa shape index (κ3) is 11.6. The summed E-state index contributed by atoms with van der Waals surface area (Å²) < 4.78 is 0. The number of rotatable bonds is 10. The van der Waals surface area contributed by atoms with Gasteiger partial charge in [-0.2, -0.15) is 12.6 Å². The van der Waals surface area contributed by atoms with Crippen LogP contribution in [0.5, 0.6) is 0 Å². The van der Waals surface area contributed by atoms with Crippen LogP contribution in [0.4, 0.5) is 0 Å². The topological polar surface area (TPSA) is 48.8 Å². The third-order valence-corrected chi connectivity index (χ3v) is 2.84. The number of hydrogen-bond donors (Lipinski definition) is 1. The highest BCUT2D eigenvalue weighted by atomic mass is 32.1. The molecule has 0 aromatic rings. The second-order valence-corrected chi connectivity index (χ2v) is 4.49. The molecule has 0 aliphatic heterocycles. The SMILES string of the molecule is CC(CCCCCCCCCS)N=[N+]=[N-]. The monoisotopic (exact) mass is 229 g/mol. The number of azide groups is 1. The van der Waals surface area contributed by atoms with E-state index in [2.05, 4.69) is 22.7 Å². The van der Waals surface area contributed by atoms with Gasteiger partial charge in [0.25, 0.3) is 0 Å². The van der Waals surface area contributed by atoms with E-state index in [-0.39, 0.29) is 6.04 Å². The van der Waals surface area contributed by atoms with Gasteiger partial charge in [0.05, 0.1) is 0 Å². The highest BCUT2D eigenvalue weighted by Crippen LogP contribution is 2.11. The van der Waals surface area contributed by atoms with E-state index in [9.17, 15) is 0 Å². The number of nitrogens with zero attached hydrogens (tertiary/aromatic N) is 3. The Morgan fingerprint density at radius 2 is 1.60 bits per heavy atom. The largest absolute Gasteiger partial charge is 0.179 e. The average Bonchev–Trinajstić information content (AvgIpc) is 2.22. The first-order valence-corrected chi connectivity index (χ1v) is 6.59. The quantitative estimate of drug-likeness (QED) is 0.185. The molecule has 88 valence electrons. The molecule has 1 unspecified atom stereocenters. The van der Waals surface area contributed by atoms with Crippen molar-refractivity contribution in [2.45, 2.75) is 64.3 Å². The summed E-state index contributed by atoms with van der Waals surface area (Å²) in [5.41, 5.74) is 8.21. The maximum atomic E-state index is 8.21. The smallest absolute Gasteiger partial charge is 0.0345 e. The molecule has 1 atom stereocenters. The summed E-state index contributed by atoms with van der Waals surface area (Å²) in [5, 5.41) is 3.65. The Labute approximate surface area is 98.7 Å². The standard InChI is InChI=1S/C11H23N3S/c1-11(13-14-12)9-7-5-3-2-4-6-8-10-15/h11,15H,2-10H2,1H3. The van der Waals surface area contributed by atoms with Crippen molar-refractivity contribution in [1.82, 2.24) is 0 Å². The lowest BCUT2D eigenvalue weighted by Gasteiger charge is -2.03. The summed E-state index contributed by atoms with van der Waals surface area (Å²) in [6.07, 6.45) is 10.0. The van der Waals surface area contributed by atoms with E-state index in [1.807, 2.05) is 6.92 Å². The van der Waals surface area contributed by atoms with Gasteiger partial charge in [-0.1, -0.05) is 50.6 Å². The molecule has 3 nitrogen and oxygen atoms in total. The first-order valence-electron chi connectivity index (χ1n) is 5.96. The third-order valence-electron chi connectivity index (χ3n) is 2.53. The molecule has 0 rings (SSSR count). The van der Waals surface area contributed by atoms with Crippen LogP contribution >= 0.6 is 12.6 Å². The zero-order valence-corrected chi connectivity index (χ0v) is 10.6. The van der Waals surface area contributed by atoms with E-state index in [0.29, 0.717) is 0 Å². The highest BCUT2D eigenvalue weighted by molar-refractivity contribution is 7.80. The Bertz CT molecular complexity index is 179. The van der Waals surface area contributed by atoms with Crippen molar-refractivity contribution in [3.8, 4) is 0 Å². The molecular weight excluding hydrogens is 206 g/mol. The van der Waals surface area contributed by atoms with Crippen LogP contribution in [0, 0.1) is 0 Å². The van der Waals surface area contributed by atoms with E-state index < -0.39 is 0 Å². The molecule has 0 N–H and O–H groups in total. The summed E-state index contributed by atoms with van der Waals surface area (Å²) in [7, 11) is 0. The van der Waals surface area contributed by atoms with Crippen molar-refractivity contribution in [2.24, 2.45) is 5.11 Å². The van der Waals surface area contributed by atoms with Gasteiger partial charge in [0.1, 0.15) is 0 Å². The predicted molar refractivity (Wildman–Crippen MR) is 69.4 cm³/mol. The lowest BCUT2D eigenvalue weighted by molar-refractivity contribution is 0.547. The molecule has 0 saturated carbocycles. The van der Waals surface area contributed by atoms with Crippen LogP contribution in [0.3, 0.4) is 0 Å². The lowest BCUT2D eigenvalue weighted by atomic mass is 10.1. The fourth-order valence-corrected chi connectivity index (χ4v) is 1.80. The zero-order chi connectivity index (χ0) is 11.4. The molecule has 0 bridgehead atoms. The second-order valence-electron chi connectivity index (χ2n) is 4.04. The lowest BCUT2D eigenvalue weighted by Crippen LogP contribution is -1.95. The van der Waals surface area contributed by atoms with E-state index in [1.165, 1.54) is 44.9 Å². The molecule has 0 spiro atoms. The second kappa shape index (κ2) is 11.7. The van der Waals surface area contributed by atoms with Crippen LogP contribution in [0.1, 0.15) is 58.3 Å². The summed E-state index contributed by atoms with van der Waals surface area (Å²) in [4.78, 5) is 2.80. The van der Waals surface area contributed by atoms with Gasteiger partial charge in [-0.3, -0.25) is 0 Å². The molecule has 0 radical (unpaired) electrons. The Hall–Kier alpha value is -0.340. The number of hydrogen-bond acceptors (Lipinski definition) is 2. The van der Waals surface area contributed by atoms with Crippen molar-refractivity contribution < 1.29 is 0 Å². The van der Waals surface area contributed by atoms with Crippen molar-refractivity contribution in [3.05, 3.63) is 10.4 Å². The molecule has 0 fully saturated rings. The van der Waals surface area contributed by atoms with Gasteiger partial charge < -0.3 is 0 Å². The van der Waals surface area contributed by atoms with Crippen LogP contribution in [0.25, 0.3) is 10.4 Å². The Balaban J connectivity index is 3.07. The molecule has 0 saturated heterocycles. The van der Waals surface area contributed by atoms with Crippen molar-refractivity contribution >= 4 is 12.6 Å². The first-order chi connectivity index (χ1) is 7.31. The molecule has 0 amide bonds.